The SMILES string of the molecule is CCOC(=O)c1cc(Cc2cc(OC)ccc2OC)c(=O)n2c1CCCC2. The van der Waals surface area contributed by atoms with Gasteiger partial charge in [0.15, 0.2) is 0 Å². The van der Waals surface area contributed by atoms with Crippen molar-refractivity contribution in [1.82, 2.24) is 4.57 Å². The van der Waals surface area contributed by atoms with Crippen LogP contribution in [0.5, 0.6) is 11.5 Å². The highest BCUT2D eigenvalue weighted by atomic mass is 16.5. The van der Waals surface area contributed by atoms with Crippen LogP contribution in [0.1, 0.15) is 46.9 Å². The molecule has 144 valence electrons. The minimum Gasteiger partial charge on any atom is -0.497 e. The summed E-state index contributed by atoms with van der Waals surface area (Å²) in [5.74, 6) is 0.993. The van der Waals surface area contributed by atoms with Crippen LogP contribution >= 0.6 is 0 Å². The quantitative estimate of drug-likeness (QED) is 0.731. The van der Waals surface area contributed by atoms with E-state index in [0.29, 0.717) is 48.6 Å². The molecule has 6 heteroatoms. The number of aromatic nitrogens is 1. The van der Waals surface area contributed by atoms with Gasteiger partial charge < -0.3 is 18.8 Å². The lowest BCUT2D eigenvalue weighted by Crippen LogP contribution is -2.32. The van der Waals surface area contributed by atoms with Crippen molar-refractivity contribution in [1.29, 1.82) is 0 Å². The first-order chi connectivity index (χ1) is 13.1. The Morgan fingerprint density at radius 2 is 1.93 bits per heavy atom. The fourth-order valence-corrected chi connectivity index (χ4v) is 3.57. The maximum atomic E-state index is 13.0. The molecule has 1 aliphatic heterocycles. The molecule has 2 aromatic rings. The van der Waals surface area contributed by atoms with Crippen LogP contribution < -0.4 is 15.0 Å². The van der Waals surface area contributed by atoms with Gasteiger partial charge in [0.2, 0.25) is 0 Å². The summed E-state index contributed by atoms with van der Waals surface area (Å²) >= 11 is 0. The van der Waals surface area contributed by atoms with Crippen molar-refractivity contribution in [2.75, 3.05) is 20.8 Å². The van der Waals surface area contributed by atoms with Crippen molar-refractivity contribution in [2.45, 2.75) is 39.2 Å². The zero-order chi connectivity index (χ0) is 19.4. The Balaban J connectivity index is 2.10. The molecular weight excluding hydrogens is 346 g/mol. The molecule has 0 fully saturated rings. The van der Waals surface area contributed by atoms with E-state index in [2.05, 4.69) is 0 Å². The summed E-state index contributed by atoms with van der Waals surface area (Å²) in [7, 11) is 3.19. The summed E-state index contributed by atoms with van der Waals surface area (Å²) in [6.07, 6.45) is 2.97. The van der Waals surface area contributed by atoms with Crippen molar-refractivity contribution in [3.05, 3.63) is 57.0 Å². The van der Waals surface area contributed by atoms with Gasteiger partial charge in [-0.3, -0.25) is 4.79 Å². The second-order valence-corrected chi connectivity index (χ2v) is 6.52. The average Bonchev–Trinajstić information content (AvgIpc) is 2.70. The minimum absolute atomic E-state index is 0.0531. The maximum absolute atomic E-state index is 13.0. The van der Waals surface area contributed by atoms with Gasteiger partial charge in [0.1, 0.15) is 11.5 Å². The Kier molecular flexibility index (Phi) is 5.84. The van der Waals surface area contributed by atoms with E-state index >= 15 is 0 Å². The number of pyridine rings is 1. The highest BCUT2D eigenvalue weighted by molar-refractivity contribution is 5.91. The van der Waals surface area contributed by atoms with Crippen molar-refractivity contribution >= 4 is 5.97 Å². The van der Waals surface area contributed by atoms with Crippen LogP contribution in [0.15, 0.2) is 29.1 Å². The number of benzene rings is 1. The molecule has 1 aromatic carbocycles. The molecule has 0 saturated carbocycles. The normalized spacial score (nSPS) is 13.0. The average molecular weight is 371 g/mol. The van der Waals surface area contributed by atoms with Gasteiger partial charge in [-0.25, -0.2) is 4.79 Å². The monoisotopic (exact) mass is 371 g/mol. The number of rotatable bonds is 6. The van der Waals surface area contributed by atoms with Gasteiger partial charge in [-0.1, -0.05) is 0 Å². The number of hydrogen-bond donors (Lipinski definition) is 0. The van der Waals surface area contributed by atoms with Crippen LogP contribution in [0.4, 0.5) is 0 Å². The predicted octanol–water partition coefficient (Wildman–Crippen LogP) is 2.97. The molecule has 6 nitrogen and oxygen atoms in total. The predicted molar refractivity (Wildman–Crippen MR) is 102 cm³/mol. The number of esters is 1. The number of ether oxygens (including phenoxy) is 3. The van der Waals surface area contributed by atoms with E-state index in [1.807, 2.05) is 18.2 Å². The van der Waals surface area contributed by atoms with Crippen molar-refractivity contribution in [3.8, 4) is 11.5 Å². The lowest BCUT2D eigenvalue weighted by atomic mass is 9.98. The number of carbonyl (C=O) groups is 1. The first-order valence-corrected chi connectivity index (χ1v) is 9.22. The van der Waals surface area contributed by atoms with Gasteiger partial charge in [0, 0.05) is 29.8 Å². The molecule has 1 aliphatic rings. The molecule has 0 bridgehead atoms. The number of hydrogen-bond acceptors (Lipinski definition) is 5. The molecule has 2 heterocycles. The summed E-state index contributed by atoms with van der Waals surface area (Å²) in [5.41, 5.74) is 2.61. The van der Waals surface area contributed by atoms with Gasteiger partial charge in [-0.2, -0.15) is 0 Å². The first kappa shape index (κ1) is 19.0. The second-order valence-electron chi connectivity index (χ2n) is 6.52. The van der Waals surface area contributed by atoms with E-state index in [9.17, 15) is 9.59 Å². The Morgan fingerprint density at radius 1 is 1.11 bits per heavy atom. The van der Waals surface area contributed by atoms with Gasteiger partial charge in [-0.15, -0.1) is 0 Å². The zero-order valence-electron chi connectivity index (χ0n) is 16.0. The van der Waals surface area contributed by atoms with Gasteiger partial charge in [0.25, 0.3) is 5.56 Å². The van der Waals surface area contributed by atoms with Crippen LogP contribution in [-0.4, -0.2) is 31.4 Å². The highest BCUT2D eigenvalue weighted by Gasteiger charge is 2.23. The molecule has 27 heavy (non-hydrogen) atoms. The highest BCUT2D eigenvalue weighted by Crippen LogP contribution is 2.27. The standard InChI is InChI=1S/C21H25NO5/c1-4-27-21(24)17-13-15(20(23)22-10-6-5-7-18(17)22)11-14-12-16(25-2)8-9-19(14)26-3/h8-9,12-13H,4-7,10-11H2,1-3H3. The van der Waals surface area contributed by atoms with Crippen LogP contribution in [0.3, 0.4) is 0 Å². The first-order valence-electron chi connectivity index (χ1n) is 9.22. The molecule has 0 atom stereocenters. The minimum atomic E-state index is -0.373. The number of fused-ring (bicyclic) bond motifs is 1. The van der Waals surface area contributed by atoms with Gasteiger partial charge in [0.05, 0.1) is 26.4 Å². The van der Waals surface area contributed by atoms with Gasteiger partial charge >= 0.3 is 5.97 Å². The van der Waals surface area contributed by atoms with E-state index in [4.69, 9.17) is 14.2 Å². The summed E-state index contributed by atoms with van der Waals surface area (Å²) in [4.78, 5) is 25.5. The molecule has 0 aliphatic carbocycles. The van der Waals surface area contributed by atoms with Crippen LogP contribution in [0.2, 0.25) is 0 Å². The third-order valence-corrected chi connectivity index (χ3v) is 4.88. The number of methoxy groups -OCH3 is 2. The number of nitrogens with zero attached hydrogens (tertiary/aromatic N) is 1. The zero-order valence-corrected chi connectivity index (χ0v) is 16.0. The second kappa shape index (κ2) is 8.29. The molecule has 0 spiro atoms. The third-order valence-electron chi connectivity index (χ3n) is 4.88. The Labute approximate surface area is 158 Å². The Morgan fingerprint density at radius 3 is 2.63 bits per heavy atom. The summed E-state index contributed by atoms with van der Waals surface area (Å²) in [6, 6.07) is 7.17. The summed E-state index contributed by atoms with van der Waals surface area (Å²) < 4.78 is 17.7. The fraction of sp³-hybridized carbons (Fsp3) is 0.429. The molecule has 3 rings (SSSR count). The van der Waals surface area contributed by atoms with Crippen molar-refractivity contribution in [2.24, 2.45) is 0 Å². The summed E-state index contributed by atoms with van der Waals surface area (Å²) in [6.45, 7) is 2.71. The molecule has 0 N–H and O–H groups in total. The molecule has 0 unspecified atom stereocenters. The fourth-order valence-electron chi connectivity index (χ4n) is 3.57. The van der Waals surface area contributed by atoms with E-state index in [0.717, 1.165) is 24.1 Å². The van der Waals surface area contributed by atoms with Crippen molar-refractivity contribution < 1.29 is 19.0 Å². The van der Waals surface area contributed by atoms with E-state index in [1.54, 1.807) is 31.8 Å². The summed E-state index contributed by atoms with van der Waals surface area (Å²) in [5, 5.41) is 0. The largest absolute Gasteiger partial charge is 0.497 e. The van der Waals surface area contributed by atoms with Crippen molar-refractivity contribution in [3.63, 3.8) is 0 Å². The van der Waals surface area contributed by atoms with Crippen LogP contribution in [-0.2, 0) is 24.1 Å². The Bertz CT molecular complexity index is 900. The smallest absolute Gasteiger partial charge is 0.339 e. The van der Waals surface area contributed by atoms with E-state index < -0.39 is 0 Å². The molecule has 1 aromatic heterocycles. The van der Waals surface area contributed by atoms with E-state index in [-0.39, 0.29) is 11.5 Å². The molecular formula is C21H25NO5. The molecule has 0 radical (unpaired) electrons. The topological polar surface area (TPSA) is 66.8 Å². The van der Waals surface area contributed by atoms with Crippen LogP contribution in [0.25, 0.3) is 0 Å². The molecule has 0 amide bonds. The lowest BCUT2D eigenvalue weighted by molar-refractivity contribution is 0.0523. The lowest BCUT2D eigenvalue weighted by Gasteiger charge is -2.22. The third kappa shape index (κ3) is 3.84. The van der Waals surface area contributed by atoms with Gasteiger partial charge in [-0.05, 0) is 50.5 Å². The maximum Gasteiger partial charge on any atom is 0.339 e. The Hall–Kier alpha value is -2.76. The number of carbonyl (C=O) groups excluding carboxylic acids is 1. The van der Waals surface area contributed by atoms with E-state index in [1.165, 1.54) is 0 Å². The molecule has 0 saturated heterocycles. The van der Waals surface area contributed by atoms with Crippen LogP contribution in [0, 0.1) is 0 Å².